The van der Waals surface area contributed by atoms with Crippen LogP contribution in [0.1, 0.15) is 18.4 Å². The fourth-order valence-corrected chi connectivity index (χ4v) is 1.83. The van der Waals surface area contributed by atoms with E-state index in [-0.39, 0.29) is 0 Å². The third-order valence-corrected chi connectivity index (χ3v) is 2.72. The topological polar surface area (TPSA) is 12.0 Å². The highest BCUT2D eigenvalue weighted by Crippen LogP contribution is 2.11. The van der Waals surface area contributed by atoms with E-state index in [1.54, 1.807) is 5.57 Å². The maximum absolute atomic E-state index is 3.37. The first-order valence-electron chi connectivity index (χ1n) is 5.38. The minimum absolute atomic E-state index is 1.09. The molecule has 1 saturated heterocycles. The molecule has 0 aromatic heterocycles. The van der Waals surface area contributed by atoms with E-state index in [0.29, 0.717) is 0 Å². The van der Waals surface area contributed by atoms with E-state index < -0.39 is 0 Å². The first kappa shape index (κ1) is 9.47. The highest BCUT2D eigenvalue weighted by Gasteiger charge is 2.03. The average Bonchev–Trinajstić information content (AvgIpc) is 2.29. The summed E-state index contributed by atoms with van der Waals surface area (Å²) in [5.74, 6) is 0. The molecule has 0 unspecified atom stereocenters. The number of rotatable bonds is 2. The second kappa shape index (κ2) is 4.97. The Morgan fingerprint density at radius 3 is 2.50 bits per heavy atom. The lowest BCUT2D eigenvalue weighted by Crippen LogP contribution is -2.23. The lowest BCUT2D eigenvalue weighted by atomic mass is 10.0. The van der Waals surface area contributed by atoms with Crippen molar-refractivity contribution < 1.29 is 0 Å². The van der Waals surface area contributed by atoms with Gasteiger partial charge in [0.2, 0.25) is 0 Å². The molecule has 74 valence electrons. The minimum atomic E-state index is 1.09. The van der Waals surface area contributed by atoms with Crippen molar-refractivity contribution in [3.63, 3.8) is 0 Å². The van der Waals surface area contributed by atoms with E-state index in [9.17, 15) is 0 Å². The molecule has 1 aliphatic rings. The van der Waals surface area contributed by atoms with Crippen LogP contribution in [0.2, 0.25) is 0 Å². The van der Waals surface area contributed by atoms with Gasteiger partial charge >= 0.3 is 0 Å². The van der Waals surface area contributed by atoms with Crippen LogP contribution in [0.15, 0.2) is 42.0 Å². The molecule has 1 heterocycles. The van der Waals surface area contributed by atoms with Gasteiger partial charge in [-0.25, -0.2) is 0 Å². The number of nitrogens with one attached hydrogen (secondary N) is 1. The standard InChI is InChI=1S/C13H17N/c1-2-4-12(5-3-1)6-7-13-8-10-14-11-9-13/h1-5,7,14H,6,8-11H2. The van der Waals surface area contributed by atoms with E-state index in [1.807, 2.05) is 0 Å². The zero-order valence-electron chi connectivity index (χ0n) is 8.50. The Kier molecular flexibility index (Phi) is 3.36. The molecule has 0 saturated carbocycles. The first-order valence-corrected chi connectivity index (χ1v) is 5.38. The van der Waals surface area contributed by atoms with Crippen LogP contribution < -0.4 is 5.32 Å². The lowest BCUT2D eigenvalue weighted by Gasteiger charge is -2.15. The molecule has 1 aromatic rings. The summed E-state index contributed by atoms with van der Waals surface area (Å²) < 4.78 is 0. The van der Waals surface area contributed by atoms with E-state index in [1.165, 1.54) is 18.4 Å². The van der Waals surface area contributed by atoms with E-state index in [4.69, 9.17) is 0 Å². The summed E-state index contributed by atoms with van der Waals surface area (Å²) in [6.07, 6.45) is 5.95. The predicted molar refractivity (Wildman–Crippen MR) is 60.3 cm³/mol. The molecule has 1 heteroatoms. The SMILES string of the molecule is C(Cc1ccccc1)=C1CCNCC1. The number of hydrogen-bond acceptors (Lipinski definition) is 1. The first-order chi connectivity index (χ1) is 6.95. The normalized spacial score (nSPS) is 16.7. The van der Waals surface area contributed by atoms with Crippen LogP contribution >= 0.6 is 0 Å². The van der Waals surface area contributed by atoms with Crippen LogP contribution in [0.3, 0.4) is 0 Å². The Labute approximate surface area is 85.8 Å². The molecular formula is C13H17N. The van der Waals surface area contributed by atoms with Crippen molar-refractivity contribution in [3.8, 4) is 0 Å². The molecule has 1 aromatic carbocycles. The van der Waals surface area contributed by atoms with Gasteiger partial charge in [-0.3, -0.25) is 0 Å². The third kappa shape index (κ3) is 2.71. The smallest absolute Gasteiger partial charge is 0.00115 e. The zero-order chi connectivity index (χ0) is 9.64. The fraction of sp³-hybridized carbons (Fsp3) is 0.385. The van der Waals surface area contributed by atoms with Crippen LogP contribution in [0, 0.1) is 0 Å². The maximum Gasteiger partial charge on any atom is -0.00115 e. The summed E-state index contributed by atoms with van der Waals surface area (Å²) in [7, 11) is 0. The Balaban J connectivity index is 1.92. The summed E-state index contributed by atoms with van der Waals surface area (Å²) in [6, 6.07) is 10.7. The summed E-state index contributed by atoms with van der Waals surface area (Å²) >= 11 is 0. The highest BCUT2D eigenvalue weighted by atomic mass is 14.9. The van der Waals surface area contributed by atoms with Gasteiger partial charge in [0.05, 0.1) is 0 Å². The number of piperidine rings is 1. The van der Waals surface area contributed by atoms with Gasteiger partial charge in [0, 0.05) is 0 Å². The summed E-state index contributed by atoms with van der Waals surface area (Å²) in [4.78, 5) is 0. The van der Waals surface area contributed by atoms with Crippen molar-refractivity contribution in [2.24, 2.45) is 0 Å². The molecule has 14 heavy (non-hydrogen) atoms. The van der Waals surface area contributed by atoms with Crippen molar-refractivity contribution in [3.05, 3.63) is 47.5 Å². The van der Waals surface area contributed by atoms with Crippen LogP contribution in [0.5, 0.6) is 0 Å². The molecule has 1 N–H and O–H groups in total. The molecule has 0 amide bonds. The monoisotopic (exact) mass is 187 g/mol. The van der Waals surface area contributed by atoms with Crippen LogP contribution in [-0.4, -0.2) is 13.1 Å². The van der Waals surface area contributed by atoms with Crippen molar-refractivity contribution in [1.29, 1.82) is 0 Å². The third-order valence-electron chi connectivity index (χ3n) is 2.72. The molecular weight excluding hydrogens is 170 g/mol. The van der Waals surface area contributed by atoms with Crippen LogP contribution in [-0.2, 0) is 6.42 Å². The summed E-state index contributed by atoms with van der Waals surface area (Å²) in [6.45, 7) is 2.31. The predicted octanol–water partition coefficient (Wildman–Crippen LogP) is 2.54. The molecule has 0 bridgehead atoms. The van der Waals surface area contributed by atoms with Gasteiger partial charge in [0.25, 0.3) is 0 Å². The molecule has 1 nitrogen and oxygen atoms in total. The van der Waals surface area contributed by atoms with Gasteiger partial charge in [0.15, 0.2) is 0 Å². The van der Waals surface area contributed by atoms with Crippen molar-refractivity contribution in [1.82, 2.24) is 5.32 Å². The van der Waals surface area contributed by atoms with Crippen LogP contribution in [0.4, 0.5) is 0 Å². The molecule has 1 aliphatic heterocycles. The van der Waals surface area contributed by atoms with Crippen molar-refractivity contribution in [2.75, 3.05) is 13.1 Å². The van der Waals surface area contributed by atoms with Gasteiger partial charge < -0.3 is 5.32 Å². The average molecular weight is 187 g/mol. The Morgan fingerprint density at radius 1 is 1.07 bits per heavy atom. The summed E-state index contributed by atoms with van der Waals surface area (Å²) in [5.41, 5.74) is 3.03. The number of allylic oxidation sites excluding steroid dienone is 1. The quantitative estimate of drug-likeness (QED) is 0.702. The van der Waals surface area contributed by atoms with Gasteiger partial charge in [-0.05, 0) is 37.9 Å². The molecule has 0 aliphatic carbocycles. The van der Waals surface area contributed by atoms with Gasteiger partial charge in [-0.2, -0.15) is 0 Å². The Morgan fingerprint density at radius 2 is 1.79 bits per heavy atom. The minimum Gasteiger partial charge on any atom is -0.316 e. The second-order valence-electron chi connectivity index (χ2n) is 3.80. The number of benzene rings is 1. The van der Waals surface area contributed by atoms with Crippen molar-refractivity contribution >= 4 is 0 Å². The highest BCUT2D eigenvalue weighted by molar-refractivity contribution is 5.19. The molecule has 0 radical (unpaired) electrons. The van der Waals surface area contributed by atoms with Crippen LogP contribution in [0.25, 0.3) is 0 Å². The molecule has 2 rings (SSSR count). The van der Waals surface area contributed by atoms with Gasteiger partial charge in [-0.15, -0.1) is 0 Å². The van der Waals surface area contributed by atoms with E-state index in [0.717, 1.165) is 19.5 Å². The van der Waals surface area contributed by atoms with E-state index in [2.05, 4.69) is 41.7 Å². The largest absolute Gasteiger partial charge is 0.316 e. The lowest BCUT2D eigenvalue weighted by molar-refractivity contribution is 0.608. The fourth-order valence-electron chi connectivity index (χ4n) is 1.83. The molecule has 1 fully saturated rings. The number of hydrogen-bond donors (Lipinski definition) is 1. The molecule has 0 atom stereocenters. The van der Waals surface area contributed by atoms with E-state index >= 15 is 0 Å². The Bertz CT molecular complexity index is 292. The van der Waals surface area contributed by atoms with Gasteiger partial charge in [-0.1, -0.05) is 42.0 Å². The van der Waals surface area contributed by atoms with Gasteiger partial charge in [0.1, 0.15) is 0 Å². The second-order valence-corrected chi connectivity index (χ2v) is 3.80. The summed E-state index contributed by atoms with van der Waals surface area (Å²) in [5, 5.41) is 3.37. The van der Waals surface area contributed by atoms with Crippen molar-refractivity contribution in [2.45, 2.75) is 19.3 Å². The Hall–Kier alpha value is -1.08. The zero-order valence-corrected chi connectivity index (χ0v) is 8.50. The maximum atomic E-state index is 3.37. The molecule has 0 spiro atoms.